The summed E-state index contributed by atoms with van der Waals surface area (Å²) < 4.78 is 30.1. The fraction of sp³-hybridized carbons (Fsp3) is 0.947. The molecule has 0 atom stereocenters. The molecule has 0 spiro atoms. The van der Waals surface area contributed by atoms with Crippen molar-refractivity contribution in [3.05, 3.63) is 0 Å². The van der Waals surface area contributed by atoms with E-state index in [1.807, 2.05) is 0 Å². The molecular formula is C19H39NaO5S. The fourth-order valence-corrected chi connectivity index (χ4v) is 3.21. The second-order valence-electron chi connectivity index (χ2n) is 6.73. The van der Waals surface area contributed by atoms with Crippen LogP contribution in [0.15, 0.2) is 0 Å². The quantitative estimate of drug-likeness (QED) is 0.237. The molecule has 0 rings (SSSR count). The van der Waals surface area contributed by atoms with E-state index in [0.29, 0.717) is 6.42 Å². The molecule has 0 saturated heterocycles. The van der Waals surface area contributed by atoms with Gasteiger partial charge in [0.1, 0.15) is 0 Å². The molecule has 0 saturated carbocycles. The van der Waals surface area contributed by atoms with E-state index in [4.69, 9.17) is 0 Å². The second-order valence-corrected chi connectivity index (χ2v) is 8.05. The summed E-state index contributed by atoms with van der Waals surface area (Å²) >= 11 is 0. The summed E-state index contributed by atoms with van der Waals surface area (Å²) in [4.78, 5) is 11.3. The van der Waals surface area contributed by atoms with Gasteiger partial charge < -0.3 is 4.18 Å². The standard InChI is InChI=1S/C19H38O5S.Na.H/c1-3-4-5-6-7-8-9-10-11-12-13-14-15-16-17-18-19(20)24-25(21,22)23-2;;/h3-18H2,1-2H3;;. The summed E-state index contributed by atoms with van der Waals surface area (Å²) in [6.07, 6.45) is 18.9. The summed E-state index contributed by atoms with van der Waals surface area (Å²) in [5.41, 5.74) is 0. The van der Waals surface area contributed by atoms with E-state index in [9.17, 15) is 13.2 Å². The van der Waals surface area contributed by atoms with Gasteiger partial charge in [0, 0.05) is 6.42 Å². The Morgan fingerprint density at radius 2 is 1.04 bits per heavy atom. The van der Waals surface area contributed by atoms with E-state index in [0.717, 1.165) is 20.0 Å². The molecule has 0 aliphatic rings. The Balaban J connectivity index is 0. The van der Waals surface area contributed by atoms with Gasteiger partial charge >= 0.3 is 45.9 Å². The Bertz CT molecular complexity index is 412. The molecule has 0 aliphatic carbocycles. The van der Waals surface area contributed by atoms with Gasteiger partial charge in [0.25, 0.3) is 0 Å². The van der Waals surface area contributed by atoms with Crippen LogP contribution >= 0.6 is 0 Å². The molecule has 0 unspecified atom stereocenters. The third-order valence-electron chi connectivity index (χ3n) is 4.38. The van der Waals surface area contributed by atoms with E-state index in [2.05, 4.69) is 15.3 Å². The molecular weight excluding hydrogens is 363 g/mol. The van der Waals surface area contributed by atoms with Crippen molar-refractivity contribution in [2.75, 3.05) is 7.11 Å². The van der Waals surface area contributed by atoms with Crippen LogP contribution in [-0.4, -0.2) is 51.1 Å². The van der Waals surface area contributed by atoms with Crippen LogP contribution in [0.25, 0.3) is 0 Å². The number of carbonyl (C=O) groups is 1. The van der Waals surface area contributed by atoms with E-state index < -0.39 is 16.4 Å². The maximum absolute atomic E-state index is 11.3. The van der Waals surface area contributed by atoms with Gasteiger partial charge in [0.15, 0.2) is 0 Å². The minimum absolute atomic E-state index is 0. The van der Waals surface area contributed by atoms with Crippen molar-refractivity contribution in [2.24, 2.45) is 0 Å². The number of hydrogen-bond acceptors (Lipinski definition) is 5. The summed E-state index contributed by atoms with van der Waals surface area (Å²) in [6, 6.07) is 0. The predicted molar refractivity (Wildman–Crippen MR) is 109 cm³/mol. The Morgan fingerprint density at radius 1 is 0.692 bits per heavy atom. The molecule has 0 aliphatic heterocycles. The van der Waals surface area contributed by atoms with Gasteiger partial charge in [-0.05, 0) is 6.42 Å². The van der Waals surface area contributed by atoms with Gasteiger partial charge in [0.2, 0.25) is 0 Å². The third kappa shape index (κ3) is 20.7. The summed E-state index contributed by atoms with van der Waals surface area (Å²) in [5, 5.41) is 0. The average Bonchev–Trinajstić information content (AvgIpc) is 2.58. The van der Waals surface area contributed by atoms with E-state index >= 15 is 0 Å². The van der Waals surface area contributed by atoms with Crippen molar-refractivity contribution in [3.8, 4) is 0 Å². The second kappa shape index (κ2) is 20.1. The minimum atomic E-state index is -4.14. The first-order chi connectivity index (χ1) is 12.0. The van der Waals surface area contributed by atoms with Crippen LogP contribution < -0.4 is 0 Å². The van der Waals surface area contributed by atoms with Gasteiger partial charge in [-0.15, -0.1) is 0 Å². The third-order valence-corrected chi connectivity index (χ3v) is 5.18. The Labute approximate surface area is 183 Å². The SMILES string of the molecule is CCCCCCCCCCCCCCCCCC(=O)OS(=O)(=O)OC.[NaH]. The van der Waals surface area contributed by atoms with Crippen molar-refractivity contribution in [2.45, 2.75) is 110 Å². The zero-order chi connectivity index (χ0) is 18.8. The maximum atomic E-state index is 11.3. The van der Waals surface area contributed by atoms with E-state index in [1.165, 1.54) is 77.0 Å². The Hall–Kier alpha value is 0.380. The van der Waals surface area contributed by atoms with Crippen LogP contribution in [0.5, 0.6) is 0 Å². The monoisotopic (exact) mass is 402 g/mol. The van der Waals surface area contributed by atoms with Crippen molar-refractivity contribution in [1.29, 1.82) is 0 Å². The predicted octanol–water partition coefficient (Wildman–Crippen LogP) is 5.03. The normalized spacial score (nSPS) is 11.2. The molecule has 0 aromatic carbocycles. The van der Waals surface area contributed by atoms with Crippen LogP contribution in [0, 0.1) is 0 Å². The van der Waals surface area contributed by atoms with E-state index in [-0.39, 0.29) is 36.0 Å². The van der Waals surface area contributed by atoms with Gasteiger partial charge in [-0.3, -0.25) is 4.79 Å². The molecule has 7 heteroatoms. The zero-order valence-corrected chi connectivity index (χ0v) is 17.1. The van der Waals surface area contributed by atoms with Gasteiger partial charge in [0.05, 0.1) is 7.11 Å². The molecule has 0 radical (unpaired) electrons. The van der Waals surface area contributed by atoms with Crippen molar-refractivity contribution in [3.63, 3.8) is 0 Å². The molecule has 0 N–H and O–H groups in total. The molecule has 0 bridgehead atoms. The first kappa shape index (κ1) is 28.6. The van der Waals surface area contributed by atoms with Crippen LogP contribution in [0.2, 0.25) is 0 Å². The Kier molecular flexibility index (Phi) is 22.1. The van der Waals surface area contributed by atoms with Gasteiger partial charge in [-0.2, -0.15) is 8.42 Å². The molecule has 5 nitrogen and oxygen atoms in total. The number of hydrogen-bond donors (Lipinski definition) is 0. The fourth-order valence-electron chi connectivity index (χ4n) is 2.83. The molecule has 152 valence electrons. The van der Waals surface area contributed by atoms with Crippen LogP contribution in [0.4, 0.5) is 0 Å². The molecule has 26 heavy (non-hydrogen) atoms. The van der Waals surface area contributed by atoms with Crippen molar-refractivity contribution < 1.29 is 21.6 Å². The summed E-state index contributed by atoms with van der Waals surface area (Å²) in [6.45, 7) is 2.25. The Morgan fingerprint density at radius 3 is 1.38 bits per heavy atom. The molecule has 0 fully saturated rings. The molecule has 0 aromatic heterocycles. The van der Waals surface area contributed by atoms with Crippen molar-refractivity contribution >= 4 is 45.9 Å². The number of carbonyl (C=O) groups excluding carboxylic acids is 1. The summed E-state index contributed by atoms with van der Waals surface area (Å²) in [5.74, 6) is -0.739. The van der Waals surface area contributed by atoms with Crippen LogP contribution in [-0.2, 0) is 23.6 Å². The van der Waals surface area contributed by atoms with Gasteiger partial charge in [-0.25, -0.2) is 4.18 Å². The zero-order valence-electron chi connectivity index (χ0n) is 16.3. The van der Waals surface area contributed by atoms with E-state index in [1.54, 1.807) is 0 Å². The molecule has 0 heterocycles. The first-order valence-electron chi connectivity index (χ1n) is 10.0. The first-order valence-corrected chi connectivity index (χ1v) is 11.4. The number of rotatable bonds is 18. The summed E-state index contributed by atoms with van der Waals surface area (Å²) in [7, 11) is -3.17. The molecule has 0 aromatic rings. The van der Waals surface area contributed by atoms with Crippen LogP contribution in [0.3, 0.4) is 0 Å². The van der Waals surface area contributed by atoms with Crippen LogP contribution in [0.1, 0.15) is 110 Å². The number of unbranched alkanes of at least 4 members (excludes halogenated alkanes) is 14. The van der Waals surface area contributed by atoms with Gasteiger partial charge in [-0.1, -0.05) is 96.8 Å². The van der Waals surface area contributed by atoms with Crippen molar-refractivity contribution in [1.82, 2.24) is 0 Å². The topological polar surface area (TPSA) is 69.7 Å². The molecule has 0 amide bonds. The average molecular weight is 403 g/mol.